The van der Waals surface area contributed by atoms with E-state index in [0.29, 0.717) is 27.7 Å². The number of carbonyl (C=O) groups is 1. The average molecular weight is 316 g/mol. The summed E-state index contributed by atoms with van der Waals surface area (Å²) in [5.74, 6) is 0.961. The summed E-state index contributed by atoms with van der Waals surface area (Å²) in [7, 11) is 3.10. The van der Waals surface area contributed by atoms with E-state index in [1.807, 2.05) is 24.3 Å². The molecule has 1 aliphatic heterocycles. The highest BCUT2D eigenvalue weighted by atomic mass is 35.5. The predicted octanol–water partition coefficient (Wildman–Crippen LogP) is 3.85. The molecule has 0 saturated carbocycles. The second kappa shape index (κ2) is 5.73. The SMILES string of the molecule is COc1cc(Cl)c(/C=C2\C(=O)Nc3ccccc32)cc1OC. The van der Waals surface area contributed by atoms with E-state index >= 15 is 0 Å². The Balaban J connectivity index is 2.11. The largest absolute Gasteiger partial charge is 0.493 e. The van der Waals surface area contributed by atoms with Crippen LogP contribution in [0.25, 0.3) is 11.6 Å². The molecule has 2 aromatic carbocycles. The molecule has 2 aromatic rings. The molecular weight excluding hydrogens is 302 g/mol. The Morgan fingerprint density at radius 3 is 2.50 bits per heavy atom. The lowest BCUT2D eigenvalue weighted by Gasteiger charge is -2.10. The van der Waals surface area contributed by atoms with Gasteiger partial charge in [-0.2, -0.15) is 0 Å². The number of benzene rings is 2. The molecule has 0 fully saturated rings. The van der Waals surface area contributed by atoms with E-state index in [9.17, 15) is 4.79 Å². The van der Waals surface area contributed by atoms with Gasteiger partial charge in [0.25, 0.3) is 5.91 Å². The van der Waals surface area contributed by atoms with Crippen LogP contribution in [0.5, 0.6) is 11.5 Å². The van der Waals surface area contributed by atoms with Crippen molar-refractivity contribution in [2.75, 3.05) is 19.5 Å². The van der Waals surface area contributed by atoms with Gasteiger partial charge in [-0.05, 0) is 23.8 Å². The Morgan fingerprint density at radius 1 is 1.09 bits per heavy atom. The first-order valence-corrected chi connectivity index (χ1v) is 7.06. The van der Waals surface area contributed by atoms with Crippen molar-refractivity contribution < 1.29 is 14.3 Å². The zero-order valence-corrected chi connectivity index (χ0v) is 12.9. The molecule has 5 heteroatoms. The zero-order valence-electron chi connectivity index (χ0n) is 12.1. The van der Waals surface area contributed by atoms with Crippen LogP contribution in [0.4, 0.5) is 5.69 Å². The Hall–Kier alpha value is -2.46. The summed E-state index contributed by atoms with van der Waals surface area (Å²) in [4.78, 5) is 12.1. The Labute approximate surface area is 133 Å². The number of rotatable bonds is 3. The number of nitrogens with one attached hydrogen (secondary N) is 1. The van der Waals surface area contributed by atoms with Gasteiger partial charge in [0, 0.05) is 22.9 Å². The molecule has 1 N–H and O–H groups in total. The fourth-order valence-corrected chi connectivity index (χ4v) is 2.63. The van der Waals surface area contributed by atoms with Gasteiger partial charge in [0.2, 0.25) is 0 Å². The van der Waals surface area contributed by atoms with Crippen molar-refractivity contribution in [1.29, 1.82) is 0 Å². The average Bonchev–Trinajstić information content (AvgIpc) is 2.84. The summed E-state index contributed by atoms with van der Waals surface area (Å²) in [5, 5.41) is 3.32. The number of hydrogen-bond acceptors (Lipinski definition) is 3. The number of amides is 1. The Morgan fingerprint density at radius 2 is 1.77 bits per heavy atom. The molecule has 1 aliphatic rings. The lowest BCUT2D eigenvalue weighted by Crippen LogP contribution is -2.03. The smallest absolute Gasteiger partial charge is 0.256 e. The van der Waals surface area contributed by atoms with E-state index in [1.165, 1.54) is 0 Å². The van der Waals surface area contributed by atoms with Crippen LogP contribution < -0.4 is 14.8 Å². The number of fused-ring (bicyclic) bond motifs is 1. The molecule has 0 radical (unpaired) electrons. The third-order valence-corrected chi connectivity index (χ3v) is 3.84. The summed E-state index contributed by atoms with van der Waals surface area (Å²) >= 11 is 6.28. The first kappa shape index (κ1) is 14.5. The van der Waals surface area contributed by atoms with E-state index in [1.54, 1.807) is 32.4 Å². The van der Waals surface area contributed by atoms with Crippen molar-refractivity contribution in [3.05, 3.63) is 52.5 Å². The Kier molecular flexibility index (Phi) is 3.77. The summed E-state index contributed by atoms with van der Waals surface area (Å²) in [6.07, 6.45) is 1.76. The van der Waals surface area contributed by atoms with Crippen LogP contribution >= 0.6 is 11.6 Å². The van der Waals surface area contributed by atoms with Gasteiger partial charge < -0.3 is 14.8 Å². The molecule has 22 heavy (non-hydrogen) atoms. The van der Waals surface area contributed by atoms with Crippen LogP contribution in [-0.2, 0) is 4.79 Å². The second-order valence-corrected chi connectivity index (χ2v) is 5.19. The predicted molar refractivity (Wildman–Crippen MR) is 87.5 cm³/mol. The lowest BCUT2D eigenvalue weighted by molar-refractivity contribution is -0.110. The van der Waals surface area contributed by atoms with Crippen LogP contribution in [0.2, 0.25) is 5.02 Å². The maximum atomic E-state index is 12.1. The molecule has 0 atom stereocenters. The van der Waals surface area contributed by atoms with Crippen LogP contribution in [0.1, 0.15) is 11.1 Å². The number of hydrogen-bond donors (Lipinski definition) is 1. The van der Waals surface area contributed by atoms with Gasteiger partial charge in [-0.15, -0.1) is 0 Å². The van der Waals surface area contributed by atoms with Crippen LogP contribution in [0.3, 0.4) is 0 Å². The maximum Gasteiger partial charge on any atom is 0.256 e. The fraction of sp³-hybridized carbons (Fsp3) is 0.118. The van der Waals surface area contributed by atoms with Crippen molar-refractivity contribution in [3.8, 4) is 11.5 Å². The molecule has 0 spiro atoms. The number of para-hydroxylation sites is 1. The molecule has 0 aromatic heterocycles. The van der Waals surface area contributed by atoms with Gasteiger partial charge >= 0.3 is 0 Å². The highest BCUT2D eigenvalue weighted by molar-refractivity contribution is 6.37. The molecule has 0 aliphatic carbocycles. The van der Waals surface area contributed by atoms with Crippen molar-refractivity contribution in [2.24, 2.45) is 0 Å². The molecule has 1 heterocycles. The minimum absolute atomic E-state index is 0.146. The number of anilines is 1. The number of carbonyl (C=O) groups excluding carboxylic acids is 1. The quantitative estimate of drug-likeness (QED) is 0.875. The Bertz CT molecular complexity index is 783. The van der Waals surface area contributed by atoms with Gasteiger partial charge in [0.1, 0.15) is 0 Å². The lowest BCUT2D eigenvalue weighted by atomic mass is 10.0. The van der Waals surface area contributed by atoms with Crippen molar-refractivity contribution in [3.63, 3.8) is 0 Å². The summed E-state index contributed by atoms with van der Waals surface area (Å²) in [6.45, 7) is 0. The molecule has 3 rings (SSSR count). The van der Waals surface area contributed by atoms with Crippen molar-refractivity contribution in [1.82, 2.24) is 0 Å². The minimum atomic E-state index is -0.146. The highest BCUT2D eigenvalue weighted by Crippen LogP contribution is 2.37. The van der Waals surface area contributed by atoms with Gasteiger partial charge in [-0.3, -0.25) is 4.79 Å². The molecule has 0 unspecified atom stereocenters. The second-order valence-electron chi connectivity index (χ2n) is 4.79. The topological polar surface area (TPSA) is 47.6 Å². The summed E-state index contributed by atoms with van der Waals surface area (Å²) < 4.78 is 10.5. The molecule has 0 bridgehead atoms. The van der Waals surface area contributed by atoms with Crippen LogP contribution in [0, 0.1) is 0 Å². The standard InChI is InChI=1S/C17H14ClNO3/c1-21-15-8-10(13(18)9-16(15)22-2)7-12-11-5-3-4-6-14(11)19-17(12)20/h3-9H,1-2H3,(H,19,20)/b12-7-. The van der Waals surface area contributed by atoms with Gasteiger partial charge in [-0.25, -0.2) is 0 Å². The van der Waals surface area contributed by atoms with Crippen molar-refractivity contribution in [2.45, 2.75) is 0 Å². The number of ether oxygens (including phenoxy) is 2. The van der Waals surface area contributed by atoms with Crippen molar-refractivity contribution >= 4 is 34.8 Å². The molecule has 1 amide bonds. The van der Waals surface area contributed by atoms with Gasteiger partial charge in [0.15, 0.2) is 11.5 Å². The van der Waals surface area contributed by atoms with E-state index in [4.69, 9.17) is 21.1 Å². The monoisotopic (exact) mass is 315 g/mol. The summed E-state index contributed by atoms with van der Waals surface area (Å²) in [5.41, 5.74) is 2.93. The molecule has 4 nitrogen and oxygen atoms in total. The van der Waals surface area contributed by atoms with Crippen LogP contribution in [-0.4, -0.2) is 20.1 Å². The summed E-state index contributed by atoms with van der Waals surface area (Å²) in [6, 6.07) is 11.0. The molecular formula is C17H14ClNO3. The third kappa shape index (κ3) is 2.42. The normalized spacial score (nSPS) is 14.7. The van der Waals surface area contributed by atoms with Gasteiger partial charge in [-0.1, -0.05) is 29.8 Å². The molecule has 0 saturated heterocycles. The van der Waals surface area contributed by atoms with E-state index in [-0.39, 0.29) is 5.91 Å². The van der Waals surface area contributed by atoms with Gasteiger partial charge in [0.05, 0.1) is 19.2 Å². The van der Waals surface area contributed by atoms with E-state index < -0.39 is 0 Å². The maximum absolute atomic E-state index is 12.1. The first-order valence-electron chi connectivity index (χ1n) is 6.68. The first-order chi connectivity index (χ1) is 10.6. The molecule has 112 valence electrons. The third-order valence-electron chi connectivity index (χ3n) is 3.51. The zero-order chi connectivity index (χ0) is 15.7. The minimum Gasteiger partial charge on any atom is -0.493 e. The van der Waals surface area contributed by atoms with E-state index in [0.717, 1.165) is 11.3 Å². The highest BCUT2D eigenvalue weighted by Gasteiger charge is 2.23. The number of methoxy groups -OCH3 is 2. The fourth-order valence-electron chi connectivity index (χ4n) is 2.42. The van der Waals surface area contributed by atoms with E-state index in [2.05, 4.69) is 5.32 Å². The van der Waals surface area contributed by atoms with Crippen LogP contribution in [0.15, 0.2) is 36.4 Å². The number of halogens is 1.